The minimum absolute atomic E-state index is 0.379. The number of carbonyl (C=O) groups excluding carboxylic acids is 1. The molecule has 0 radical (unpaired) electrons. The van der Waals surface area contributed by atoms with Crippen molar-refractivity contribution in [1.82, 2.24) is 4.90 Å². The van der Waals surface area contributed by atoms with E-state index >= 15 is 0 Å². The monoisotopic (exact) mass is 247 g/mol. The molecule has 1 fully saturated rings. The Kier molecular flexibility index (Phi) is 4.20. The van der Waals surface area contributed by atoms with Gasteiger partial charge in [-0.25, -0.2) is 0 Å². The van der Waals surface area contributed by atoms with Gasteiger partial charge in [-0.05, 0) is 56.6 Å². The smallest absolute Gasteiger partial charge is 0.248 e. The highest BCUT2D eigenvalue weighted by Crippen LogP contribution is 2.16. The Morgan fingerprint density at radius 1 is 1.44 bits per heavy atom. The molecule has 1 saturated heterocycles. The highest BCUT2D eigenvalue weighted by Gasteiger charge is 2.16. The van der Waals surface area contributed by atoms with Gasteiger partial charge in [0.2, 0.25) is 5.91 Å². The predicted octanol–water partition coefficient (Wildman–Crippen LogP) is 1.54. The molecule has 1 heterocycles. The lowest BCUT2D eigenvalue weighted by Gasteiger charge is -2.29. The molecule has 1 aliphatic rings. The van der Waals surface area contributed by atoms with E-state index in [-0.39, 0.29) is 5.91 Å². The Bertz CT molecular complexity index is 402. The molecule has 0 saturated carbocycles. The van der Waals surface area contributed by atoms with Crippen LogP contribution in [-0.2, 0) is 0 Å². The molecule has 1 atom stereocenters. The summed E-state index contributed by atoms with van der Waals surface area (Å²) < 4.78 is 0. The maximum atomic E-state index is 10.9. The van der Waals surface area contributed by atoms with Gasteiger partial charge < -0.3 is 16.0 Å². The normalized spacial score (nSPS) is 20.6. The molecule has 1 aliphatic heterocycles. The molecule has 0 aromatic heterocycles. The van der Waals surface area contributed by atoms with E-state index < -0.39 is 0 Å². The Morgan fingerprint density at radius 2 is 2.17 bits per heavy atom. The van der Waals surface area contributed by atoms with Gasteiger partial charge in [0.1, 0.15) is 0 Å². The fraction of sp³-hybridized carbons (Fsp3) is 0.500. The summed E-state index contributed by atoms with van der Waals surface area (Å²) in [5.74, 6) is 0.329. The van der Waals surface area contributed by atoms with E-state index in [4.69, 9.17) is 5.73 Å². The number of nitrogens with zero attached hydrogens (tertiary/aromatic N) is 1. The van der Waals surface area contributed by atoms with Crippen molar-refractivity contribution in [3.05, 3.63) is 29.8 Å². The van der Waals surface area contributed by atoms with Crippen LogP contribution >= 0.6 is 0 Å². The van der Waals surface area contributed by atoms with Crippen molar-refractivity contribution >= 4 is 11.6 Å². The molecular formula is C14H21N3O. The van der Waals surface area contributed by atoms with E-state index in [1.54, 1.807) is 12.1 Å². The Morgan fingerprint density at radius 3 is 2.78 bits per heavy atom. The van der Waals surface area contributed by atoms with Crippen LogP contribution < -0.4 is 11.1 Å². The molecular weight excluding hydrogens is 226 g/mol. The number of rotatable bonds is 4. The molecule has 1 aromatic carbocycles. The average molecular weight is 247 g/mol. The van der Waals surface area contributed by atoms with Gasteiger partial charge in [0, 0.05) is 24.3 Å². The zero-order chi connectivity index (χ0) is 13.0. The summed E-state index contributed by atoms with van der Waals surface area (Å²) in [7, 11) is 2.17. The van der Waals surface area contributed by atoms with Crippen molar-refractivity contribution in [3.63, 3.8) is 0 Å². The maximum Gasteiger partial charge on any atom is 0.248 e. The Hall–Kier alpha value is -1.55. The third-order valence-corrected chi connectivity index (χ3v) is 3.49. The molecule has 1 unspecified atom stereocenters. The fourth-order valence-corrected chi connectivity index (χ4v) is 2.45. The van der Waals surface area contributed by atoms with Crippen molar-refractivity contribution in [2.45, 2.75) is 12.8 Å². The minimum atomic E-state index is -0.379. The zero-order valence-corrected chi connectivity index (χ0v) is 10.9. The molecule has 4 nitrogen and oxygen atoms in total. The van der Waals surface area contributed by atoms with Crippen molar-refractivity contribution in [3.8, 4) is 0 Å². The van der Waals surface area contributed by atoms with Crippen molar-refractivity contribution in [2.75, 3.05) is 32.0 Å². The van der Waals surface area contributed by atoms with Gasteiger partial charge >= 0.3 is 0 Å². The molecule has 1 amide bonds. The van der Waals surface area contributed by atoms with E-state index in [2.05, 4.69) is 17.3 Å². The second kappa shape index (κ2) is 5.87. The third kappa shape index (κ3) is 3.47. The fourth-order valence-electron chi connectivity index (χ4n) is 2.45. The summed E-state index contributed by atoms with van der Waals surface area (Å²) in [5, 5.41) is 3.42. The van der Waals surface area contributed by atoms with Gasteiger partial charge in [-0.2, -0.15) is 0 Å². The lowest BCUT2D eigenvalue weighted by molar-refractivity contribution is 0.100. The van der Waals surface area contributed by atoms with Crippen LogP contribution in [0, 0.1) is 5.92 Å². The van der Waals surface area contributed by atoms with Crippen LogP contribution in [0.3, 0.4) is 0 Å². The first-order valence-corrected chi connectivity index (χ1v) is 6.47. The number of piperidine rings is 1. The Balaban J connectivity index is 1.84. The number of benzene rings is 1. The number of nitrogens with one attached hydrogen (secondary N) is 1. The molecule has 2 rings (SSSR count). The minimum Gasteiger partial charge on any atom is -0.385 e. The van der Waals surface area contributed by atoms with Crippen LogP contribution in [0.2, 0.25) is 0 Å². The van der Waals surface area contributed by atoms with Gasteiger partial charge in [0.25, 0.3) is 0 Å². The highest BCUT2D eigenvalue weighted by molar-refractivity contribution is 5.93. The summed E-state index contributed by atoms with van der Waals surface area (Å²) in [5.41, 5.74) is 6.81. The number of anilines is 1. The van der Waals surface area contributed by atoms with Gasteiger partial charge in [0.15, 0.2) is 0 Å². The van der Waals surface area contributed by atoms with Gasteiger partial charge in [-0.15, -0.1) is 0 Å². The molecule has 3 N–H and O–H groups in total. The van der Waals surface area contributed by atoms with Gasteiger partial charge in [-0.1, -0.05) is 0 Å². The zero-order valence-electron chi connectivity index (χ0n) is 10.9. The summed E-state index contributed by atoms with van der Waals surface area (Å²) in [6.45, 7) is 3.36. The molecule has 0 spiro atoms. The number of hydrogen-bond donors (Lipinski definition) is 2. The highest BCUT2D eigenvalue weighted by atomic mass is 16.1. The molecule has 1 aromatic rings. The van der Waals surface area contributed by atoms with Crippen LogP contribution in [0.4, 0.5) is 5.69 Å². The number of nitrogens with two attached hydrogens (primary N) is 1. The number of primary amides is 1. The van der Waals surface area contributed by atoms with Crippen molar-refractivity contribution in [2.24, 2.45) is 11.7 Å². The van der Waals surface area contributed by atoms with E-state index in [1.165, 1.54) is 19.4 Å². The second-order valence-electron chi connectivity index (χ2n) is 5.09. The van der Waals surface area contributed by atoms with E-state index in [0.717, 1.165) is 18.8 Å². The van der Waals surface area contributed by atoms with Gasteiger partial charge in [-0.3, -0.25) is 4.79 Å². The summed E-state index contributed by atoms with van der Waals surface area (Å²) in [6.07, 6.45) is 2.57. The molecule has 0 bridgehead atoms. The first kappa shape index (κ1) is 12.9. The van der Waals surface area contributed by atoms with Crippen LogP contribution in [-0.4, -0.2) is 37.5 Å². The van der Waals surface area contributed by atoms with Crippen LogP contribution in [0.25, 0.3) is 0 Å². The molecule has 18 heavy (non-hydrogen) atoms. The lowest BCUT2D eigenvalue weighted by Crippen LogP contribution is -2.35. The Labute approximate surface area is 108 Å². The van der Waals surface area contributed by atoms with E-state index in [1.807, 2.05) is 12.1 Å². The summed E-state index contributed by atoms with van der Waals surface area (Å²) >= 11 is 0. The molecule has 98 valence electrons. The largest absolute Gasteiger partial charge is 0.385 e. The first-order chi connectivity index (χ1) is 8.65. The molecule has 4 heteroatoms. The van der Waals surface area contributed by atoms with E-state index in [9.17, 15) is 4.79 Å². The van der Waals surface area contributed by atoms with Crippen molar-refractivity contribution < 1.29 is 4.79 Å². The predicted molar refractivity (Wildman–Crippen MR) is 73.7 cm³/mol. The first-order valence-electron chi connectivity index (χ1n) is 6.47. The number of carbonyl (C=O) groups is 1. The number of amides is 1. The topological polar surface area (TPSA) is 58.4 Å². The second-order valence-corrected chi connectivity index (χ2v) is 5.09. The number of hydrogen-bond acceptors (Lipinski definition) is 3. The van der Waals surface area contributed by atoms with Crippen molar-refractivity contribution in [1.29, 1.82) is 0 Å². The average Bonchev–Trinajstić information content (AvgIpc) is 2.37. The quantitative estimate of drug-likeness (QED) is 0.848. The van der Waals surface area contributed by atoms with Gasteiger partial charge in [0.05, 0.1) is 0 Å². The molecule has 0 aliphatic carbocycles. The van der Waals surface area contributed by atoms with Crippen LogP contribution in [0.5, 0.6) is 0 Å². The maximum absolute atomic E-state index is 10.9. The third-order valence-electron chi connectivity index (χ3n) is 3.49. The van der Waals surface area contributed by atoms with Crippen LogP contribution in [0.1, 0.15) is 23.2 Å². The summed E-state index contributed by atoms with van der Waals surface area (Å²) in [4.78, 5) is 13.3. The standard InChI is InChI=1S/C14H21N3O/c1-17-8-2-3-11(10-17)9-16-13-6-4-12(5-7-13)14(15)18/h4-7,11,16H,2-3,8-10H2,1H3,(H2,15,18). The SMILES string of the molecule is CN1CCCC(CNc2ccc(C(N)=O)cc2)C1. The van der Waals surface area contributed by atoms with E-state index in [0.29, 0.717) is 11.5 Å². The lowest BCUT2D eigenvalue weighted by atomic mass is 9.98. The number of likely N-dealkylation sites (tertiary alicyclic amines) is 1. The summed E-state index contributed by atoms with van der Waals surface area (Å²) in [6, 6.07) is 7.34. The van der Waals surface area contributed by atoms with Crippen LogP contribution in [0.15, 0.2) is 24.3 Å².